The Balaban J connectivity index is 1.83. The van der Waals surface area contributed by atoms with Gasteiger partial charge in [0, 0.05) is 12.1 Å². The van der Waals surface area contributed by atoms with Gasteiger partial charge >= 0.3 is 6.18 Å². The van der Waals surface area contributed by atoms with Crippen molar-refractivity contribution in [3.05, 3.63) is 77.0 Å². The Morgan fingerprint density at radius 3 is 2.22 bits per heavy atom. The zero-order valence-electron chi connectivity index (χ0n) is 14.8. The van der Waals surface area contributed by atoms with E-state index in [-0.39, 0.29) is 11.8 Å². The second-order valence-electron chi connectivity index (χ2n) is 6.50. The standard InChI is InChI=1S/C21H20F3NO2/c1-2-17-18(15-8-10-16(11-9-15)21(22,23)24)19(26)20(27)25(17)13-12-14-6-4-3-5-7-14/h3-11,17,26H,2,12-13H2,1H3. The van der Waals surface area contributed by atoms with Gasteiger partial charge in [-0.05, 0) is 36.1 Å². The second-order valence-corrected chi connectivity index (χ2v) is 6.50. The number of aliphatic hydroxyl groups excluding tert-OH is 1. The largest absolute Gasteiger partial charge is 0.503 e. The fraction of sp³-hybridized carbons (Fsp3) is 0.286. The Hall–Kier alpha value is -2.76. The van der Waals surface area contributed by atoms with Gasteiger partial charge in [-0.3, -0.25) is 4.79 Å². The van der Waals surface area contributed by atoms with Crippen LogP contribution in [0.2, 0.25) is 0 Å². The number of carbonyl (C=O) groups is 1. The van der Waals surface area contributed by atoms with Gasteiger partial charge in [0.2, 0.25) is 0 Å². The molecule has 2 aromatic carbocycles. The number of carbonyl (C=O) groups excluding carboxylic acids is 1. The summed E-state index contributed by atoms with van der Waals surface area (Å²) in [4.78, 5) is 14.1. The molecule has 0 aromatic heterocycles. The lowest BCUT2D eigenvalue weighted by Gasteiger charge is -2.26. The molecule has 1 aliphatic rings. The van der Waals surface area contributed by atoms with Crippen molar-refractivity contribution < 1.29 is 23.1 Å². The summed E-state index contributed by atoms with van der Waals surface area (Å²) in [6.45, 7) is 2.31. The summed E-state index contributed by atoms with van der Waals surface area (Å²) in [6, 6.07) is 13.9. The molecule has 142 valence electrons. The highest BCUT2D eigenvalue weighted by Crippen LogP contribution is 2.36. The molecular weight excluding hydrogens is 355 g/mol. The molecule has 2 aromatic rings. The maximum absolute atomic E-state index is 12.8. The quantitative estimate of drug-likeness (QED) is 0.813. The van der Waals surface area contributed by atoms with Crippen LogP contribution in [-0.2, 0) is 17.4 Å². The molecule has 0 aliphatic carbocycles. The van der Waals surface area contributed by atoms with E-state index in [1.165, 1.54) is 12.1 Å². The summed E-state index contributed by atoms with van der Waals surface area (Å²) >= 11 is 0. The molecule has 1 unspecified atom stereocenters. The van der Waals surface area contributed by atoms with Crippen LogP contribution in [0, 0.1) is 0 Å². The third-order valence-electron chi connectivity index (χ3n) is 4.82. The normalized spacial score (nSPS) is 17.7. The maximum atomic E-state index is 12.8. The van der Waals surface area contributed by atoms with Crippen LogP contribution < -0.4 is 0 Å². The summed E-state index contributed by atoms with van der Waals surface area (Å²) in [5.41, 5.74) is 1.14. The molecular formula is C21H20F3NO2. The number of amides is 1. The van der Waals surface area contributed by atoms with E-state index < -0.39 is 17.6 Å². The zero-order valence-corrected chi connectivity index (χ0v) is 14.8. The monoisotopic (exact) mass is 375 g/mol. The average Bonchev–Trinajstić information content (AvgIpc) is 2.90. The van der Waals surface area contributed by atoms with Gasteiger partial charge in [0.1, 0.15) is 0 Å². The molecule has 1 amide bonds. The van der Waals surface area contributed by atoms with E-state index in [9.17, 15) is 23.1 Å². The Kier molecular flexibility index (Phi) is 5.26. The fourth-order valence-electron chi connectivity index (χ4n) is 3.45. The summed E-state index contributed by atoms with van der Waals surface area (Å²) in [5.74, 6) is -0.859. The molecule has 0 spiro atoms. The molecule has 1 N–H and O–H groups in total. The van der Waals surface area contributed by atoms with Gasteiger partial charge in [-0.25, -0.2) is 0 Å². The third kappa shape index (κ3) is 3.84. The highest BCUT2D eigenvalue weighted by atomic mass is 19.4. The highest BCUT2D eigenvalue weighted by molar-refractivity contribution is 6.05. The Labute approximate surface area is 155 Å². The van der Waals surface area contributed by atoms with Crippen molar-refractivity contribution in [2.45, 2.75) is 32.0 Å². The van der Waals surface area contributed by atoms with Crippen molar-refractivity contribution in [3.63, 3.8) is 0 Å². The predicted molar refractivity (Wildman–Crippen MR) is 96.9 cm³/mol. The van der Waals surface area contributed by atoms with Crippen molar-refractivity contribution in [1.29, 1.82) is 0 Å². The summed E-state index contributed by atoms with van der Waals surface area (Å²) in [6.07, 6.45) is -3.23. The molecule has 0 radical (unpaired) electrons. The van der Waals surface area contributed by atoms with E-state index in [0.717, 1.165) is 17.7 Å². The number of nitrogens with zero attached hydrogens (tertiary/aromatic N) is 1. The lowest BCUT2D eigenvalue weighted by molar-refractivity contribution is -0.137. The smallest absolute Gasteiger partial charge is 0.416 e. The van der Waals surface area contributed by atoms with Crippen LogP contribution in [0.5, 0.6) is 0 Å². The van der Waals surface area contributed by atoms with Crippen LogP contribution in [-0.4, -0.2) is 28.5 Å². The van der Waals surface area contributed by atoms with E-state index in [1.54, 1.807) is 4.90 Å². The van der Waals surface area contributed by atoms with Crippen LogP contribution in [0.1, 0.15) is 30.0 Å². The van der Waals surface area contributed by atoms with Crippen molar-refractivity contribution >= 4 is 11.5 Å². The van der Waals surface area contributed by atoms with E-state index in [1.807, 2.05) is 37.3 Å². The van der Waals surface area contributed by atoms with Gasteiger partial charge in [0.15, 0.2) is 5.76 Å². The summed E-state index contributed by atoms with van der Waals surface area (Å²) < 4.78 is 38.3. The molecule has 1 atom stereocenters. The molecule has 27 heavy (non-hydrogen) atoms. The molecule has 1 aliphatic heterocycles. The third-order valence-corrected chi connectivity index (χ3v) is 4.82. The van der Waals surface area contributed by atoms with Gasteiger partial charge < -0.3 is 10.0 Å². The number of rotatable bonds is 5. The lowest BCUT2D eigenvalue weighted by atomic mass is 9.96. The first-order valence-electron chi connectivity index (χ1n) is 8.78. The number of halogens is 3. The Morgan fingerprint density at radius 1 is 1.04 bits per heavy atom. The average molecular weight is 375 g/mol. The molecule has 6 heteroatoms. The summed E-state index contributed by atoms with van der Waals surface area (Å²) in [5, 5.41) is 10.4. The van der Waals surface area contributed by atoms with Crippen molar-refractivity contribution in [1.82, 2.24) is 4.90 Å². The topological polar surface area (TPSA) is 40.5 Å². The van der Waals surface area contributed by atoms with Gasteiger partial charge in [-0.15, -0.1) is 0 Å². The van der Waals surface area contributed by atoms with Crippen LogP contribution >= 0.6 is 0 Å². The van der Waals surface area contributed by atoms with Gasteiger partial charge in [-0.1, -0.05) is 49.4 Å². The molecule has 3 nitrogen and oxygen atoms in total. The van der Waals surface area contributed by atoms with Gasteiger partial charge in [0.05, 0.1) is 11.6 Å². The van der Waals surface area contributed by atoms with E-state index in [0.29, 0.717) is 30.5 Å². The predicted octanol–water partition coefficient (Wildman–Crippen LogP) is 4.84. The second kappa shape index (κ2) is 7.47. The van der Waals surface area contributed by atoms with E-state index in [2.05, 4.69) is 0 Å². The molecule has 3 rings (SSSR count). The van der Waals surface area contributed by atoms with Crippen LogP contribution in [0.3, 0.4) is 0 Å². The first-order valence-corrected chi connectivity index (χ1v) is 8.78. The lowest BCUT2D eigenvalue weighted by Crippen LogP contribution is -2.36. The van der Waals surface area contributed by atoms with Gasteiger partial charge in [0.25, 0.3) is 5.91 Å². The van der Waals surface area contributed by atoms with Crippen molar-refractivity contribution in [2.75, 3.05) is 6.54 Å². The molecule has 0 bridgehead atoms. The number of aliphatic hydroxyl groups is 1. The van der Waals surface area contributed by atoms with Crippen molar-refractivity contribution in [3.8, 4) is 0 Å². The Morgan fingerprint density at radius 2 is 1.67 bits per heavy atom. The van der Waals surface area contributed by atoms with E-state index >= 15 is 0 Å². The number of hydrogen-bond donors (Lipinski definition) is 1. The highest BCUT2D eigenvalue weighted by Gasteiger charge is 2.39. The minimum absolute atomic E-state index is 0.363. The molecule has 0 saturated heterocycles. The number of benzene rings is 2. The van der Waals surface area contributed by atoms with Crippen molar-refractivity contribution in [2.24, 2.45) is 0 Å². The van der Waals surface area contributed by atoms with Crippen LogP contribution in [0.25, 0.3) is 5.57 Å². The first-order chi connectivity index (χ1) is 12.8. The minimum atomic E-state index is -4.42. The first kappa shape index (κ1) is 19.0. The van der Waals surface area contributed by atoms with Crippen LogP contribution in [0.15, 0.2) is 60.4 Å². The zero-order chi connectivity index (χ0) is 19.6. The summed E-state index contributed by atoms with van der Waals surface area (Å²) in [7, 11) is 0. The molecule has 0 fully saturated rings. The van der Waals surface area contributed by atoms with Gasteiger partial charge in [-0.2, -0.15) is 13.2 Å². The number of hydrogen-bond acceptors (Lipinski definition) is 2. The van der Waals surface area contributed by atoms with E-state index in [4.69, 9.17) is 0 Å². The SMILES string of the molecule is CCC1C(c2ccc(C(F)(F)F)cc2)=C(O)C(=O)N1CCc1ccccc1. The molecule has 0 saturated carbocycles. The number of alkyl halides is 3. The van der Waals surface area contributed by atoms with Crippen LogP contribution in [0.4, 0.5) is 13.2 Å². The maximum Gasteiger partial charge on any atom is 0.416 e. The Bertz CT molecular complexity index is 842. The fourth-order valence-corrected chi connectivity index (χ4v) is 3.45. The molecule has 1 heterocycles. The minimum Gasteiger partial charge on any atom is -0.503 e.